The van der Waals surface area contributed by atoms with Crippen molar-refractivity contribution < 1.29 is 23.8 Å². The lowest BCUT2D eigenvalue weighted by molar-refractivity contribution is -0.136. The summed E-state index contributed by atoms with van der Waals surface area (Å²) in [5.41, 5.74) is 2.53. The molecule has 0 spiro atoms. The van der Waals surface area contributed by atoms with Crippen molar-refractivity contribution in [3.63, 3.8) is 0 Å². The fourth-order valence-electron chi connectivity index (χ4n) is 3.41. The van der Waals surface area contributed by atoms with Gasteiger partial charge in [-0.3, -0.25) is 4.79 Å². The van der Waals surface area contributed by atoms with Crippen LogP contribution in [-0.4, -0.2) is 43.1 Å². The van der Waals surface area contributed by atoms with Gasteiger partial charge in [0.25, 0.3) is 0 Å². The van der Waals surface area contributed by atoms with Crippen molar-refractivity contribution in [1.82, 2.24) is 4.90 Å². The number of carbonyl (C=O) groups is 2. The van der Waals surface area contributed by atoms with Crippen LogP contribution in [-0.2, 0) is 14.3 Å². The molecule has 0 radical (unpaired) electrons. The van der Waals surface area contributed by atoms with Crippen LogP contribution in [0.25, 0.3) is 0 Å². The summed E-state index contributed by atoms with van der Waals surface area (Å²) in [7, 11) is 4.47. The van der Waals surface area contributed by atoms with E-state index in [1.165, 1.54) is 25.8 Å². The Morgan fingerprint density at radius 2 is 1.79 bits per heavy atom. The van der Waals surface area contributed by atoms with E-state index >= 15 is 0 Å². The highest BCUT2D eigenvalue weighted by Crippen LogP contribution is 2.48. The van der Waals surface area contributed by atoms with E-state index in [0.717, 1.165) is 11.3 Å². The second-order valence-electron chi connectivity index (χ2n) is 6.34. The maximum absolute atomic E-state index is 12.6. The van der Waals surface area contributed by atoms with Gasteiger partial charge in [-0.1, -0.05) is 6.07 Å². The van der Waals surface area contributed by atoms with Gasteiger partial charge in [0.1, 0.15) is 0 Å². The predicted octanol–water partition coefficient (Wildman–Crippen LogP) is 3.43. The molecule has 1 aromatic carbocycles. The van der Waals surface area contributed by atoms with Crippen LogP contribution in [0.5, 0.6) is 11.5 Å². The lowest BCUT2D eigenvalue weighted by atomic mass is 9.93. The van der Waals surface area contributed by atoms with Gasteiger partial charge in [0.2, 0.25) is 0 Å². The van der Waals surface area contributed by atoms with Crippen molar-refractivity contribution >= 4 is 28.7 Å². The molecule has 0 saturated heterocycles. The molecule has 0 aliphatic carbocycles. The number of allylic oxidation sites excluding steroid dienone is 3. The minimum atomic E-state index is -0.496. The molecular formula is C20H22N2O5S. The summed E-state index contributed by atoms with van der Waals surface area (Å²) in [6.45, 7) is 5.15. The number of ether oxygens (including phenoxy) is 3. The van der Waals surface area contributed by atoms with Crippen LogP contribution >= 0.6 is 11.8 Å². The van der Waals surface area contributed by atoms with Crippen molar-refractivity contribution in [1.29, 1.82) is 0 Å². The average molecular weight is 402 g/mol. The quantitative estimate of drug-likeness (QED) is 0.698. The highest BCUT2D eigenvalue weighted by molar-refractivity contribution is 8.18. The second-order valence-corrected chi connectivity index (χ2v) is 7.32. The molecule has 2 aliphatic heterocycles. The zero-order valence-electron chi connectivity index (χ0n) is 16.7. The van der Waals surface area contributed by atoms with Gasteiger partial charge < -0.3 is 19.1 Å². The molecule has 0 amide bonds. The zero-order chi connectivity index (χ0) is 20.6. The summed E-state index contributed by atoms with van der Waals surface area (Å²) in [6, 6.07) is 4.99. The Morgan fingerprint density at radius 3 is 2.36 bits per heavy atom. The standard InChI is InChI=1S/C20H22N2O5S/c1-10-16(19(24)27-6)17(13-7-8-14(25-4)15(9-13)26-5)22-11(2)18(12(3)23)28-20(22)21-10/h7-9,17H,1-6H3/t17-/m0/s1. The molecule has 148 valence electrons. The summed E-state index contributed by atoms with van der Waals surface area (Å²) in [4.78, 5) is 31.8. The summed E-state index contributed by atoms with van der Waals surface area (Å²) >= 11 is 1.32. The van der Waals surface area contributed by atoms with Gasteiger partial charge in [-0.05, 0) is 50.2 Å². The van der Waals surface area contributed by atoms with E-state index in [-0.39, 0.29) is 5.78 Å². The molecule has 0 bridgehead atoms. The molecule has 28 heavy (non-hydrogen) atoms. The van der Waals surface area contributed by atoms with Crippen LogP contribution in [0.3, 0.4) is 0 Å². The van der Waals surface area contributed by atoms with E-state index in [2.05, 4.69) is 4.99 Å². The molecule has 2 aliphatic rings. The fraction of sp³-hybridized carbons (Fsp3) is 0.350. The summed E-state index contributed by atoms with van der Waals surface area (Å²) in [5, 5.41) is 0.660. The molecule has 0 unspecified atom stereocenters. The number of hydrogen-bond acceptors (Lipinski definition) is 8. The Hall–Kier alpha value is -2.74. The molecule has 7 nitrogen and oxygen atoms in total. The van der Waals surface area contributed by atoms with Crippen LogP contribution < -0.4 is 9.47 Å². The number of fused-ring (bicyclic) bond motifs is 1. The number of amidine groups is 1. The SMILES string of the molecule is COC(=O)C1=C(C)N=C2SC(C(C)=O)=C(C)N2[C@H]1c1ccc(OC)c(OC)c1. The first-order chi connectivity index (χ1) is 13.3. The number of ketones is 1. The minimum absolute atomic E-state index is 0.0390. The highest BCUT2D eigenvalue weighted by atomic mass is 32.2. The average Bonchev–Trinajstić information content (AvgIpc) is 3.02. The molecule has 0 aromatic heterocycles. The predicted molar refractivity (Wildman–Crippen MR) is 107 cm³/mol. The molecule has 0 N–H and O–H groups in total. The number of rotatable bonds is 5. The Morgan fingerprint density at radius 1 is 1.11 bits per heavy atom. The van der Waals surface area contributed by atoms with Crippen LogP contribution in [0.15, 0.2) is 45.1 Å². The number of hydrogen-bond donors (Lipinski definition) is 0. The van der Waals surface area contributed by atoms with Gasteiger partial charge in [-0.2, -0.15) is 0 Å². The van der Waals surface area contributed by atoms with Crippen LogP contribution in [0, 0.1) is 0 Å². The number of esters is 1. The summed E-state index contributed by atoms with van der Waals surface area (Å²) in [6.07, 6.45) is 0. The van der Waals surface area contributed by atoms with Gasteiger partial charge in [0.15, 0.2) is 22.4 Å². The molecule has 3 rings (SSSR count). The number of thioether (sulfide) groups is 1. The Kier molecular flexibility index (Phi) is 5.51. The molecule has 1 atom stereocenters. The number of aliphatic imine (C=N–C) groups is 1. The molecule has 0 fully saturated rings. The van der Waals surface area contributed by atoms with Crippen LogP contribution in [0.4, 0.5) is 0 Å². The van der Waals surface area contributed by atoms with Crippen molar-refractivity contribution in [2.45, 2.75) is 26.8 Å². The number of benzene rings is 1. The highest BCUT2D eigenvalue weighted by Gasteiger charge is 2.42. The van der Waals surface area contributed by atoms with Crippen molar-refractivity contribution in [2.75, 3.05) is 21.3 Å². The van der Waals surface area contributed by atoms with Crippen molar-refractivity contribution in [3.8, 4) is 11.5 Å². The minimum Gasteiger partial charge on any atom is -0.493 e. The summed E-state index contributed by atoms with van der Waals surface area (Å²) < 4.78 is 15.8. The lowest BCUT2D eigenvalue weighted by Gasteiger charge is -2.35. The third-order valence-electron chi connectivity index (χ3n) is 4.72. The van der Waals surface area contributed by atoms with E-state index in [1.807, 2.05) is 24.0 Å². The number of methoxy groups -OCH3 is 3. The fourth-order valence-corrected chi connectivity index (χ4v) is 4.51. The monoisotopic (exact) mass is 402 g/mol. The smallest absolute Gasteiger partial charge is 0.338 e. The maximum Gasteiger partial charge on any atom is 0.338 e. The van der Waals surface area contributed by atoms with Crippen LogP contribution in [0.2, 0.25) is 0 Å². The third-order valence-corrected chi connectivity index (χ3v) is 5.98. The van der Waals surface area contributed by atoms with E-state index in [0.29, 0.717) is 32.8 Å². The van der Waals surface area contributed by atoms with E-state index < -0.39 is 12.0 Å². The Balaban J connectivity index is 2.22. The summed E-state index contributed by atoms with van der Waals surface area (Å²) in [5.74, 6) is 0.632. The van der Waals surface area contributed by atoms with E-state index in [1.54, 1.807) is 27.2 Å². The van der Waals surface area contributed by atoms with Crippen molar-refractivity contribution in [2.24, 2.45) is 4.99 Å². The molecule has 1 aromatic rings. The molecular weight excluding hydrogens is 380 g/mol. The number of nitrogens with zero attached hydrogens (tertiary/aromatic N) is 2. The number of carbonyl (C=O) groups excluding carboxylic acids is 2. The first kappa shape index (κ1) is 20.0. The third kappa shape index (κ3) is 3.17. The van der Waals surface area contributed by atoms with E-state index in [9.17, 15) is 9.59 Å². The topological polar surface area (TPSA) is 77.4 Å². The largest absolute Gasteiger partial charge is 0.493 e. The van der Waals surface area contributed by atoms with Gasteiger partial charge in [0, 0.05) is 5.70 Å². The lowest BCUT2D eigenvalue weighted by Crippen LogP contribution is -2.36. The van der Waals surface area contributed by atoms with Crippen molar-refractivity contribution in [3.05, 3.63) is 45.6 Å². The van der Waals surface area contributed by atoms with E-state index in [4.69, 9.17) is 14.2 Å². The Labute approximate surface area is 168 Å². The Bertz CT molecular complexity index is 948. The normalized spacial score (nSPS) is 18.7. The first-order valence-electron chi connectivity index (χ1n) is 8.62. The second kappa shape index (κ2) is 7.71. The first-order valence-corrected chi connectivity index (χ1v) is 9.44. The van der Waals surface area contributed by atoms with Gasteiger partial charge >= 0.3 is 5.97 Å². The molecule has 2 heterocycles. The van der Waals surface area contributed by atoms with Gasteiger partial charge in [-0.15, -0.1) is 0 Å². The van der Waals surface area contributed by atoms with Crippen LogP contribution in [0.1, 0.15) is 32.4 Å². The van der Waals surface area contributed by atoms with Gasteiger partial charge in [-0.25, -0.2) is 9.79 Å². The van der Waals surface area contributed by atoms with Gasteiger partial charge in [0.05, 0.1) is 43.5 Å². The molecule has 8 heteroatoms. The zero-order valence-corrected chi connectivity index (χ0v) is 17.5. The maximum atomic E-state index is 12.6. The molecule has 0 saturated carbocycles. The number of Topliss-reactive ketones (excluding diaryl/α,β-unsaturated/α-hetero) is 1.